The third kappa shape index (κ3) is 1.64. The van der Waals surface area contributed by atoms with Crippen molar-refractivity contribution in [1.29, 1.82) is 5.26 Å². The SMILES string of the molecule is N#CCc1c(-c2ccccc2)nn2ccccc12. The van der Waals surface area contributed by atoms with Gasteiger partial charge < -0.3 is 0 Å². The van der Waals surface area contributed by atoms with Crippen LogP contribution in [-0.2, 0) is 6.42 Å². The lowest BCUT2D eigenvalue weighted by molar-refractivity contribution is 0.966. The minimum atomic E-state index is 0.373. The van der Waals surface area contributed by atoms with E-state index in [-0.39, 0.29) is 0 Å². The molecular formula is C15H11N3. The van der Waals surface area contributed by atoms with Crippen LogP contribution in [0.3, 0.4) is 0 Å². The molecule has 0 N–H and O–H groups in total. The van der Waals surface area contributed by atoms with Gasteiger partial charge in [0.15, 0.2) is 0 Å². The van der Waals surface area contributed by atoms with E-state index in [9.17, 15) is 0 Å². The predicted octanol–water partition coefficient (Wildman–Crippen LogP) is 3.07. The average Bonchev–Trinajstić information content (AvgIpc) is 2.80. The van der Waals surface area contributed by atoms with E-state index in [0.717, 1.165) is 22.3 Å². The molecule has 0 bridgehead atoms. The van der Waals surface area contributed by atoms with E-state index in [2.05, 4.69) is 11.2 Å². The molecule has 0 aliphatic rings. The minimum absolute atomic E-state index is 0.373. The highest BCUT2D eigenvalue weighted by atomic mass is 15.2. The number of pyridine rings is 1. The van der Waals surface area contributed by atoms with Crippen LogP contribution in [0.5, 0.6) is 0 Å². The van der Waals surface area contributed by atoms with Gasteiger partial charge in [-0.15, -0.1) is 0 Å². The summed E-state index contributed by atoms with van der Waals surface area (Å²) in [5.41, 5.74) is 3.93. The summed E-state index contributed by atoms with van der Waals surface area (Å²) in [6.45, 7) is 0. The molecule has 0 atom stereocenters. The number of nitrogens with zero attached hydrogens (tertiary/aromatic N) is 3. The summed E-state index contributed by atoms with van der Waals surface area (Å²) in [6.07, 6.45) is 2.28. The molecular weight excluding hydrogens is 222 g/mol. The summed E-state index contributed by atoms with van der Waals surface area (Å²) in [5.74, 6) is 0. The van der Waals surface area contributed by atoms with Crippen molar-refractivity contribution < 1.29 is 0 Å². The molecule has 0 unspecified atom stereocenters. The maximum Gasteiger partial charge on any atom is 0.0976 e. The predicted molar refractivity (Wildman–Crippen MR) is 69.9 cm³/mol. The first kappa shape index (κ1) is 10.5. The molecule has 0 fully saturated rings. The third-order valence-electron chi connectivity index (χ3n) is 2.95. The average molecular weight is 233 g/mol. The zero-order chi connectivity index (χ0) is 12.4. The number of hydrogen-bond donors (Lipinski definition) is 0. The summed E-state index contributed by atoms with van der Waals surface area (Å²) in [6, 6.07) is 18.1. The van der Waals surface area contributed by atoms with Crippen molar-refractivity contribution in [2.75, 3.05) is 0 Å². The molecule has 2 heterocycles. The third-order valence-corrected chi connectivity index (χ3v) is 2.95. The monoisotopic (exact) mass is 233 g/mol. The van der Waals surface area contributed by atoms with Gasteiger partial charge in [0, 0.05) is 17.3 Å². The quantitative estimate of drug-likeness (QED) is 0.682. The topological polar surface area (TPSA) is 41.1 Å². The van der Waals surface area contributed by atoms with Crippen LogP contribution >= 0.6 is 0 Å². The van der Waals surface area contributed by atoms with E-state index < -0.39 is 0 Å². The van der Waals surface area contributed by atoms with Gasteiger partial charge in [-0.25, -0.2) is 4.52 Å². The molecule has 1 aromatic carbocycles. The lowest BCUT2D eigenvalue weighted by Crippen LogP contribution is -1.85. The van der Waals surface area contributed by atoms with Crippen LogP contribution in [0.25, 0.3) is 16.8 Å². The normalized spacial score (nSPS) is 10.4. The van der Waals surface area contributed by atoms with Crippen molar-refractivity contribution in [3.63, 3.8) is 0 Å². The van der Waals surface area contributed by atoms with Crippen LogP contribution < -0.4 is 0 Å². The fourth-order valence-electron chi connectivity index (χ4n) is 2.13. The number of rotatable bonds is 2. The summed E-state index contributed by atoms with van der Waals surface area (Å²) >= 11 is 0. The van der Waals surface area contributed by atoms with Crippen molar-refractivity contribution in [1.82, 2.24) is 9.61 Å². The van der Waals surface area contributed by atoms with Crippen LogP contribution in [0, 0.1) is 11.3 Å². The number of hydrogen-bond acceptors (Lipinski definition) is 2. The van der Waals surface area contributed by atoms with Crippen molar-refractivity contribution >= 4 is 5.52 Å². The Morgan fingerprint density at radius 2 is 1.83 bits per heavy atom. The Hall–Kier alpha value is -2.60. The van der Waals surface area contributed by atoms with Crippen LogP contribution in [-0.4, -0.2) is 9.61 Å². The summed E-state index contributed by atoms with van der Waals surface area (Å²) in [5, 5.41) is 13.5. The number of aromatic nitrogens is 2. The maximum absolute atomic E-state index is 8.98. The maximum atomic E-state index is 8.98. The summed E-state index contributed by atoms with van der Waals surface area (Å²) in [7, 11) is 0. The van der Waals surface area contributed by atoms with E-state index in [1.54, 1.807) is 0 Å². The lowest BCUT2D eigenvalue weighted by Gasteiger charge is -1.98. The highest BCUT2D eigenvalue weighted by Crippen LogP contribution is 2.26. The zero-order valence-electron chi connectivity index (χ0n) is 9.74. The smallest absolute Gasteiger partial charge is 0.0976 e. The Balaban J connectivity index is 2.29. The van der Waals surface area contributed by atoms with E-state index in [1.807, 2.05) is 59.2 Å². The minimum Gasteiger partial charge on any atom is -0.240 e. The van der Waals surface area contributed by atoms with Crippen LogP contribution in [0.1, 0.15) is 5.56 Å². The van der Waals surface area contributed by atoms with Gasteiger partial charge in [-0.3, -0.25) is 0 Å². The van der Waals surface area contributed by atoms with E-state index >= 15 is 0 Å². The fraction of sp³-hybridized carbons (Fsp3) is 0.0667. The van der Waals surface area contributed by atoms with Gasteiger partial charge >= 0.3 is 0 Å². The van der Waals surface area contributed by atoms with Crippen molar-refractivity contribution in [2.45, 2.75) is 6.42 Å². The Morgan fingerprint density at radius 1 is 1.06 bits per heavy atom. The molecule has 86 valence electrons. The molecule has 0 aliphatic heterocycles. The van der Waals surface area contributed by atoms with Gasteiger partial charge in [0.25, 0.3) is 0 Å². The second-order valence-electron chi connectivity index (χ2n) is 4.06. The first-order valence-corrected chi connectivity index (χ1v) is 5.79. The number of nitriles is 1. The van der Waals surface area contributed by atoms with E-state index in [4.69, 9.17) is 5.26 Å². The summed E-state index contributed by atoms with van der Waals surface area (Å²) in [4.78, 5) is 0. The van der Waals surface area contributed by atoms with Gasteiger partial charge in [-0.2, -0.15) is 10.4 Å². The highest BCUT2D eigenvalue weighted by molar-refractivity contribution is 5.73. The van der Waals surface area contributed by atoms with Gasteiger partial charge in [0.05, 0.1) is 23.7 Å². The Labute approximate surface area is 105 Å². The van der Waals surface area contributed by atoms with Crippen LogP contribution in [0.2, 0.25) is 0 Å². The molecule has 3 heteroatoms. The zero-order valence-corrected chi connectivity index (χ0v) is 9.74. The molecule has 18 heavy (non-hydrogen) atoms. The summed E-state index contributed by atoms with van der Waals surface area (Å²) < 4.78 is 1.83. The van der Waals surface area contributed by atoms with Gasteiger partial charge in [-0.1, -0.05) is 36.4 Å². The van der Waals surface area contributed by atoms with E-state index in [0.29, 0.717) is 6.42 Å². The second kappa shape index (κ2) is 4.34. The van der Waals surface area contributed by atoms with Crippen molar-refractivity contribution in [3.8, 4) is 17.3 Å². The van der Waals surface area contributed by atoms with Crippen LogP contribution in [0.4, 0.5) is 0 Å². The molecule has 2 aromatic heterocycles. The van der Waals surface area contributed by atoms with Gasteiger partial charge in [0.1, 0.15) is 0 Å². The first-order chi connectivity index (χ1) is 8.90. The highest BCUT2D eigenvalue weighted by Gasteiger charge is 2.13. The second-order valence-corrected chi connectivity index (χ2v) is 4.06. The van der Waals surface area contributed by atoms with Gasteiger partial charge in [-0.05, 0) is 12.1 Å². The molecule has 3 aromatic rings. The molecule has 0 spiro atoms. The Kier molecular flexibility index (Phi) is 2.54. The standard InChI is InChI=1S/C15H11N3/c16-10-9-13-14-8-4-5-11-18(14)17-15(13)12-6-2-1-3-7-12/h1-8,11H,9H2. The molecule has 0 radical (unpaired) electrons. The molecule has 0 aliphatic carbocycles. The Bertz CT molecular complexity index is 720. The fourth-order valence-corrected chi connectivity index (χ4v) is 2.13. The lowest BCUT2D eigenvalue weighted by atomic mass is 10.0. The van der Waals surface area contributed by atoms with Crippen molar-refractivity contribution in [3.05, 3.63) is 60.3 Å². The molecule has 0 saturated carbocycles. The molecule has 0 amide bonds. The van der Waals surface area contributed by atoms with E-state index in [1.165, 1.54) is 0 Å². The van der Waals surface area contributed by atoms with Gasteiger partial charge in [0.2, 0.25) is 0 Å². The van der Waals surface area contributed by atoms with Crippen molar-refractivity contribution in [2.24, 2.45) is 0 Å². The largest absolute Gasteiger partial charge is 0.240 e. The number of fused-ring (bicyclic) bond motifs is 1. The molecule has 3 nitrogen and oxygen atoms in total. The number of benzene rings is 1. The molecule has 3 rings (SSSR count). The Morgan fingerprint density at radius 3 is 2.61 bits per heavy atom. The first-order valence-electron chi connectivity index (χ1n) is 5.79. The van der Waals surface area contributed by atoms with Crippen LogP contribution in [0.15, 0.2) is 54.7 Å². The molecule has 0 saturated heterocycles.